The molecule has 0 radical (unpaired) electrons. The Labute approximate surface area is 171 Å². The van der Waals surface area contributed by atoms with Crippen LogP contribution in [-0.4, -0.2) is 11.9 Å². The van der Waals surface area contributed by atoms with Gasteiger partial charge < -0.3 is 9.15 Å². The van der Waals surface area contributed by atoms with Gasteiger partial charge in [0, 0.05) is 21.7 Å². The number of aliphatic imine (C=N–C) groups is 1. The maximum absolute atomic E-state index is 12.9. The standard InChI is InChI=1S/C21H11BrF3NO3/c22-15-6-4-12(5-7-15)19-26-17(20(27)29-19)11-16-8-9-18(28-16)13-2-1-3-14(10-13)21(23,24)25/h1-11H. The lowest BCUT2D eigenvalue weighted by Crippen LogP contribution is -2.05. The molecule has 0 bridgehead atoms. The van der Waals surface area contributed by atoms with Crippen LogP contribution in [-0.2, 0) is 15.7 Å². The van der Waals surface area contributed by atoms with Gasteiger partial charge in [0.05, 0.1) is 5.56 Å². The molecule has 1 aromatic heterocycles. The van der Waals surface area contributed by atoms with Crippen molar-refractivity contribution >= 4 is 33.9 Å². The molecule has 2 aromatic carbocycles. The lowest BCUT2D eigenvalue weighted by atomic mass is 10.1. The fraction of sp³-hybridized carbons (Fsp3) is 0.0476. The maximum Gasteiger partial charge on any atom is 0.416 e. The molecule has 0 amide bonds. The van der Waals surface area contributed by atoms with Crippen LogP contribution < -0.4 is 0 Å². The van der Waals surface area contributed by atoms with Gasteiger partial charge in [0.25, 0.3) is 0 Å². The van der Waals surface area contributed by atoms with Crippen molar-refractivity contribution < 1.29 is 27.1 Å². The molecule has 3 aromatic rings. The Bertz CT molecular complexity index is 1140. The number of rotatable bonds is 3. The molecular formula is C21H11BrF3NO3. The predicted molar refractivity (Wildman–Crippen MR) is 104 cm³/mol. The van der Waals surface area contributed by atoms with Gasteiger partial charge in [-0.2, -0.15) is 13.2 Å². The van der Waals surface area contributed by atoms with E-state index in [1.807, 2.05) is 0 Å². The van der Waals surface area contributed by atoms with E-state index in [2.05, 4.69) is 20.9 Å². The summed E-state index contributed by atoms with van der Waals surface area (Å²) < 4.78 is 50.3. The number of esters is 1. The van der Waals surface area contributed by atoms with E-state index in [-0.39, 0.29) is 28.7 Å². The summed E-state index contributed by atoms with van der Waals surface area (Å²) in [6.45, 7) is 0. The number of carbonyl (C=O) groups excluding carboxylic acids is 1. The van der Waals surface area contributed by atoms with Crippen molar-refractivity contribution in [2.45, 2.75) is 6.18 Å². The van der Waals surface area contributed by atoms with Crippen molar-refractivity contribution in [1.82, 2.24) is 0 Å². The Hall–Kier alpha value is -3.13. The third-order valence-electron chi connectivity index (χ3n) is 4.09. The number of carbonyl (C=O) groups is 1. The zero-order chi connectivity index (χ0) is 20.6. The van der Waals surface area contributed by atoms with Gasteiger partial charge in [-0.1, -0.05) is 28.1 Å². The number of hydrogen-bond acceptors (Lipinski definition) is 4. The minimum Gasteiger partial charge on any atom is -0.457 e. The van der Waals surface area contributed by atoms with Crippen molar-refractivity contribution in [3.63, 3.8) is 0 Å². The Morgan fingerprint density at radius 2 is 1.72 bits per heavy atom. The lowest BCUT2D eigenvalue weighted by molar-refractivity contribution is -0.137. The fourth-order valence-electron chi connectivity index (χ4n) is 2.69. The van der Waals surface area contributed by atoms with E-state index in [1.165, 1.54) is 24.3 Å². The van der Waals surface area contributed by atoms with Crippen LogP contribution in [0.5, 0.6) is 0 Å². The van der Waals surface area contributed by atoms with Crippen LogP contribution >= 0.6 is 15.9 Å². The molecule has 0 atom stereocenters. The molecule has 0 saturated carbocycles. The summed E-state index contributed by atoms with van der Waals surface area (Å²) in [7, 11) is 0. The first-order valence-electron chi connectivity index (χ1n) is 8.35. The zero-order valence-corrected chi connectivity index (χ0v) is 16.1. The van der Waals surface area contributed by atoms with Crippen molar-refractivity contribution in [3.8, 4) is 11.3 Å². The monoisotopic (exact) mass is 461 g/mol. The molecule has 0 unspecified atom stereocenters. The van der Waals surface area contributed by atoms with Gasteiger partial charge in [-0.3, -0.25) is 0 Å². The molecule has 0 saturated heterocycles. The van der Waals surface area contributed by atoms with Crippen LogP contribution in [0.25, 0.3) is 17.4 Å². The highest BCUT2D eigenvalue weighted by atomic mass is 79.9. The van der Waals surface area contributed by atoms with E-state index in [1.54, 1.807) is 30.3 Å². The van der Waals surface area contributed by atoms with Crippen molar-refractivity contribution in [3.05, 3.63) is 87.7 Å². The van der Waals surface area contributed by atoms with Gasteiger partial charge >= 0.3 is 12.1 Å². The molecule has 1 aliphatic heterocycles. The van der Waals surface area contributed by atoms with E-state index < -0.39 is 17.7 Å². The minimum absolute atomic E-state index is 0.0351. The van der Waals surface area contributed by atoms with Gasteiger partial charge in [0.2, 0.25) is 5.90 Å². The molecule has 8 heteroatoms. The van der Waals surface area contributed by atoms with Crippen LogP contribution in [0.4, 0.5) is 13.2 Å². The van der Waals surface area contributed by atoms with Gasteiger partial charge in [-0.05, 0) is 48.5 Å². The number of alkyl halides is 3. The third kappa shape index (κ3) is 4.17. The second kappa shape index (κ2) is 7.36. The van der Waals surface area contributed by atoms with Crippen LogP contribution in [0.3, 0.4) is 0 Å². The first-order valence-corrected chi connectivity index (χ1v) is 9.15. The minimum atomic E-state index is -4.45. The maximum atomic E-state index is 12.9. The average Bonchev–Trinajstić information content (AvgIpc) is 3.29. The summed E-state index contributed by atoms with van der Waals surface area (Å²) in [5.74, 6) is 0.0370. The van der Waals surface area contributed by atoms with E-state index in [0.717, 1.165) is 16.6 Å². The summed E-state index contributed by atoms with van der Waals surface area (Å²) in [5, 5.41) is 0. The van der Waals surface area contributed by atoms with Crippen LogP contribution in [0, 0.1) is 0 Å². The average molecular weight is 462 g/mol. The van der Waals surface area contributed by atoms with Crippen LogP contribution in [0.2, 0.25) is 0 Å². The summed E-state index contributed by atoms with van der Waals surface area (Å²) in [5.41, 5.74) is 0.175. The predicted octanol–water partition coefficient (Wildman–Crippen LogP) is 6.07. The van der Waals surface area contributed by atoms with E-state index in [0.29, 0.717) is 5.56 Å². The lowest BCUT2D eigenvalue weighted by Gasteiger charge is -2.07. The third-order valence-corrected chi connectivity index (χ3v) is 4.62. The van der Waals surface area contributed by atoms with E-state index >= 15 is 0 Å². The largest absolute Gasteiger partial charge is 0.457 e. The Morgan fingerprint density at radius 1 is 0.966 bits per heavy atom. The SMILES string of the molecule is O=C1OC(c2ccc(Br)cc2)=NC1=Cc1ccc(-c2cccc(C(F)(F)F)c2)o1. The van der Waals surface area contributed by atoms with Crippen LogP contribution in [0.1, 0.15) is 16.9 Å². The number of hydrogen-bond donors (Lipinski definition) is 0. The molecule has 29 heavy (non-hydrogen) atoms. The van der Waals surface area contributed by atoms with Crippen molar-refractivity contribution in [2.75, 3.05) is 0 Å². The highest BCUT2D eigenvalue weighted by Gasteiger charge is 2.30. The summed E-state index contributed by atoms with van der Waals surface area (Å²) in [6.07, 6.45) is -3.07. The number of nitrogens with zero attached hydrogens (tertiary/aromatic N) is 1. The fourth-order valence-corrected chi connectivity index (χ4v) is 2.96. The first-order chi connectivity index (χ1) is 13.8. The Morgan fingerprint density at radius 3 is 2.45 bits per heavy atom. The number of cyclic esters (lactones) is 1. The zero-order valence-electron chi connectivity index (χ0n) is 14.5. The van der Waals surface area contributed by atoms with Gasteiger partial charge in [0.15, 0.2) is 5.70 Å². The number of ether oxygens (including phenoxy) is 1. The smallest absolute Gasteiger partial charge is 0.416 e. The molecule has 2 heterocycles. The number of halogens is 4. The number of furan rings is 1. The van der Waals surface area contributed by atoms with Gasteiger partial charge in [-0.25, -0.2) is 9.79 Å². The molecule has 0 spiro atoms. The normalized spacial score (nSPS) is 15.5. The summed E-state index contributed by atoms with van der Waals surface area (Å²) >= 11 is 3.32. The molecule has 4 rings (SSSR count). The quantitative estimate of drug-likeness (QED) is 0.351. The summed E-state index contributed by atoms with van der Waals surface area (Å²) in [6, 6.07) is 15.0. The molecule has 0 N–H and O–H groups in total. The highest BCUT2D eigenvalue weighted by molar-refractivity contribution is 9.10. The van der Waals surface area contributed by atoms with E-state index in [9.17, 15) is 18.0 Å². The van der Waals surface area contributed by atoms with Crippen molar-refractivity contribution in [2.24, 2.45) is 4.99 Å². The molecule has 146 valence electrons. The van der Waals surface area contributed by atoms with Crippen LogP contribution in [0.15, 0.2) is 80.2 Å². The van der Waals surface area contributed by atoms with Gasteiger partial charge in [0.1, 0.15) is 11.5 Å². The topological polar surface area (TPSA) is 51.8 Å². The highest BCUT2D eigenvalue weighted by Crippen LogP contribution is 2.33. The Balaban J connectivity index is 1.61. The second-order valence-corrected chi connectivity index (χ2v) is 7.04. The molecule has 1 aliphatic rings. The number of benzene rings is 2. The molecule has 0 fully saturated rings. The summed E-state index contributed by atoms with van der Waals surface area (Å²) in [4.78, 5) is 16.3. The van der Waals surface area contributed by atoms with E-state index in [4.69, 9.17) is 9.15 Å². The Kier molecular flexibility index (Phi) is 4.87. The van der Waals surface area contributed by atoms with Gasteiger partial charge in [-0.15, -0.1) is 0 Å². The first kappa shape index (κ1) is 19.2. The van der Waals surface area contributed by atoms with Crippen molar-refractivity contribution in [1.29, 1.82) is 0 Å². The second-order valence-electron chi connectivity index (χ2n) is 6.12. The molecule has 4 nitrogen and oxygen atoms in total. The molecule has 0 aliphatic carbocycles. The molecular weight excluding hydrogens is 451 g/mol.